The van der Waals surface area contributed by atoms with Gasteiger partial charge in [-0.1, -0.05) is 18.5 Å². The lowest BCUT2D eigenvalue weighted by Gasteiger charge is -2.18. The second-order valence-corrected chi connectivity index (χ2v) is 9.13. The van der Waals surface area contributed by atoms with Gasteiger partial charge in [0.1, 0.15) is 10.7 Å². The van der Waals surface area contributed by atoms with E-state index in [1.165, 1.54) is 17.6 Å². The SMILES string of the molecule is COC(=O)CCCn1c(-c2ccc(Cl)cc2)nc2sc3c(c2c1=O)CCC(C)C3. The van der Waals surface area contributed by atoms with Gasteiger partial charge in [-0.2, -0.15) is 0 Å². The lowest BCUT2D eigenvalue weighted by molar-refractivity contribution is -0.140. The number of aromatic nitrogens is 2. The topological polar surface area (TPSA) is 61.2 Å². The third-order valence-electron chi connectivity index (χ3n) is 5.51. The third kappa shape index (κ3) is 3.96. The van der Waals surface area contributed by atoms with Crippen LogP contribution in [0.25, 0.3) is 21.6 Å². The standard InChI is InChI=1S/C22H23ClN2O3S/c1-13-5-10-16-17(12-13)29-21-19(16)22(27)25(11-3-4-18(26)28-2)20(24-21)14-6-8-15(23)9-7-14/h6-9,13H,3-5,10-12H2,1-2H3. The van der Waals surface area contributed by atoms with Gasteiger partial charge in [0.05, 0.1) is 12.5 Å². The summed E-state index contributed by atoms with van der Waals surface area (Å²) in [4.78, 5) is 32.1. The third-order valence-corrected chi connectivity index (χ3v) is 6.91. The zero-order valence-electron chi connectivity index (χ0n) is 16.5. The Morgan fingerprint density at radius 1 is 1.34 bits per heavy atom. The van der Waals surface area contributed by atoms with Crippen molar-refractivity contribution in [3.8, 4) is 11.4 Å². The molecule has 1 aliphatic carbocycles. The molecule has 0 radical (unpaired) electrons. The van der Waals surface area contributed by atoms with E-state index >= 15 is 0 Å². The van der Waals surface area contributed by atoms with Gasteiger partial charge in [0.2, 0.25) is 0 Å². The molecule has 3 aromatic rings. The number of carbonyl (C=O) groups excluding carboxylic acids is 1. The fourth-order valence-corrected chi connectivity index (χ4v) is 5.43. The maximum absolute atomic E-state index is 13.5. The summed E-state index contributed by atoms with van der Waals surface area (Å²) in [5.74, 6) is 0.978. The lowest BCUT2D eigenvalue weighted by atomic mass is 9.89. The molecule has 0 saturated carbocycles. The predicted octanol–water partition coefficient (Wildman–Crippen LogP) is 4.86. The molecule has 5 nitrogen and oxygen atoms in total. The molecule has 29 heavy (non-hydrogen) atoms. The number of rotatable bonds is 5. The molecule has 2 aromatic heterocycles. The molecule has 0 spiro atoms. The molecule has 1 atom stereocenters. The number of hydrogen-bond acceptors (Lipinski definition) is 5. The van der Waals surface area contributed by atoms with Crippen LogP contribution in [-0.4, -0.2) is 22.6 Å². The highest BCUT2D eigenvalue weighted by atomic mass is 35.5. The fourth-order valence-electron chi connectivity index (χ4n) is 3.93. The maximum atomic E-state index is 13.5. The van der Waals surface area contributed by atoms with Gasteiger partial charge in [0.15, 0.2) is 0 Å². The number of esters is 1. The van der Waals surface area contributed by atoms with Gasteiger partial charge in [-0.3, -0.25) is 14.2 Å². The zero-order valence-corrected chi connectivity index (χ0v) is 18.1. The summed E-state index contributed by atoms with van der Waals surface area (Å²) >= 11 is 7.69. The molecule has 0 aliphatic heterocycles. The minimum Gasteiger partial charge on any atom is -0.469 e. The van der Waals surface area contributed by atoms with Crippen LogP contribution in [0, 0.1) is 5.92 Å². The Bertz CT molecular complexity index is 1120. The molecule has 1 aliphatic rings. The van der Waals surface area contributed by atoms with Crippen LogP contribution in [0.5, 0.6) is 0 Å². The number of thiophene rings is 1. The van der Waals surface area contributed by atoms with Gasteiger partial charge in [-0.15, -0.1) is 11.3 Å². The first-order valence-electron chi connectivity index (χ1n) is 9.85. The molecule has 152 valence electrons. The second-order valence-electron chi connectivity index (χ2n) is 7.61. The van der Waals surface area contributed by atoms with E-state index in [1.807, 2.05) is 12.1 Å². The summed E-state index contributed by atoms with van der Waals surface area (Å²) in [6.45, 7) is 2.67. The van der Waals surface area contributed by atoms with Crippen LogP contribution >= 0.6 is 22.9 Å². The molecule has 2 heterocycles. The van der Waals surface area contributed by atoms with Crippen molar-refractivity contribution in [2.24, 2.45) is 5.92 Å². The first-order valence-corrected chi connectivity index (χ1v) is 11.0. The summed E-state index contributed by atoms with van der Waals surface area (Å²) in [5.41, 5.74) is 1.99. The molecule has 1 unspecified atom stereocenters. The van der Waals surface area contributed by atoms with E-state index in [0.29, 0.717) is 29.7 Å². The summed E-state index contributed by atoms with van der Waals surface area (Å²) in [7, 11) is 1.37. The largest absolute Gasteiger partial charge is 0.469 e. The molecule has 7 heteroatoms. The van der Waals surface area contributed by atoms with Crippen molar-refractivity contribution in [3.63, 3.8) is 0 Å². The van der Waals surface area contributed by atoms with Crippen LogP contribution in [0.15, 0.2) is 29.1 Å². The number of benzene rings is 1. The van der Waals surface area contributed by atoms with Crippen LogP contribution < -0.4 is 5.56 Å². The van der Waals surface area contributed by atoms with Crippen LogP contribution in [0.3, 0.4) is 0 Å². The molecular formula is C22H23ClN2O3S. The number of methoxy groups -OCH3 is 1. The first kappa shape index (κ1) is 20.1. The fraction of sp³-hybridized carbons (Fsp3) is 0.409. The second kappa shape index (κ2) is 8.28. The number of carbonyl (C=O) groups is 1. The van der Waals surface area contributed by atoms with Crippen molar-refractivity contribution in [3.05, 3.63) is 50.1 Å². The summed E-state index contributed by atoms with van der Waals surface area (Å²) < 4.78 is 6.44. The van der Waals surface area contributed by atoms with E-state index in [9.17, 15) is 9.59 Å². The van der Waals surface area contributed by atoms with Crippen molar-refractivity contribution in [2.75, 3.05) is 7.11 Å². The normalized spacial score (nSPS) is 16.0. The Labute approximate surface area is 178 Å². The Morgan fingerprint density at radius 3 is 2.83 bits per heavy atom. The monoisotopic (exact) mass is 430 g/mol. The first-order chi connectivity index (χ1) is 14.0. The van der Waals surface area contributed by atoms with E-state index in [4.69, 9.17) is 21.3 Å². The molecule has 0 bridgehead atoms. The number of fused-ring (bicyclic) bond motifs is 3. The lowest BCUT2D eigenvalue weighted by Crippen LogP contribution is -2.24. The van der Waals surface area contributed by atoms with Crippen LogP contribution in [0.2, 0.25) is 5.02 Å². The number of ether oxygens (including phenoxy) is 1. The van der Waals surface area contributed by atoms with Gasteiger partial charge in [0, 0.05) is 28.4 Å². The molecule has 0 fully saturated rings. The van der Waals surface area contributed by atoms with Crippen LogP contribution in [0.1, 0.15) is 36.6 Å². The highest BCUT2D eigenvalue weighted by molar-refractivity contribution is 7.18. The van der Waals surface area contributed by atoms with E-state index in [-0.39, 0.29) is 17.9 Å². The molecule has 0 amide bonds. The van der Waals surface area contributed by atoms with Crippen LogP contribution in [-0.2, 0) is 28.9 Å². The highest BCUT2D eigenvalue weighted by Gasteiger charge is 2.25. The molecule has 0 N–H and O–H groups in total. The zero-order chi connectivity index (χ0) is 20.5. The van der Waals surface area contributed by atoms with E-state index in [0.717, 1.165) is 35.0 Å². The minimum atomic E-state index is -0.276. The summed E-state index contributed by atoms with van der Waals surface area (Å²) in [6.07, 6.45) is 3.81. The number of hydrogen-bond donors (Lipinski definition) is 0. The van der Waals surface area contributed by atoms with Gasteiger partial charge in [0.25, 0.3) is 5.56 Å². The van der Waals surface area contributed by atoms with Crippen molar-refractivity contribution in [2.45, 2.75) is 45.6 Å². The molecular weight excluding hydrogens is 408 g/mol. The maximum Gasteiger partial charge on any atom is 0.305 e. The van der Waals surface area contributed by atoms with Crippen LogP contribution in [0.4, 0.5) is 0 Å². The van der Waals surface area contributed by atoms with Crippen molar-refractivity contribution in [1.82, 2.24) is 9.55 Å². The summed E-state index contributed by atoms with van der Waals surface area (Å²) in [5, 5.41) is 1.39. The Balaban J connectivity index is 1.84. The molecule has 4 rings (SSSR count). The average molecular weight is 431 g/mol. The van der Waals surface area contributed by atoms with Gasteiger partial charge in [-0.25, -0.2) is 4.98 Å². The predicted molar refractivity (Wildman–Crippen MR) is 117 cm³/mol. The Morgan fingerprint density at radius 2 is 2.10 bits per heavy atom. The molecule has 1 aromatic carbocycles. The number of nitrogens with zero attached hydrogens (tertiary/aromatic N) is 2. The van der Waals surface area contributed by atoms with E-state index < -0.39 is 0 Å². The van der Waals surface area contributed by atoms with Gasteiger partial charge in [-0.05, 0) is 61.4 Å². The van der Waals surface area contributed by atoms with Gasteiger partial charge >= 0.3 is 5.97 Å². The van der Waals surface area contributed by atoms with E-state index in [1.54, 1.807) is 28.0 Å². The minimum absolute atomic E-state index is 0.0168. The Kier molecular flexibility index (Phi) is 5.74. The number of halogens is 1. The van der Waals surface area contributed by atoms with E-state index in [2.05, 4.69) is 6.92 Å². The average Bonchev–Trinajstić information content (AvgIpc) is 3.07. The number of aryl methyl sites for hydroxylation is 1. The Hall–Kier alpha value is -2.18. The highest BCUT2D eigenvalue weighted by Crippen LogP contribution is 2.36. The van der Waals surface area contributed by atoms with Crippen molar-refractivity contribution >= 4 is 39.1 Å². The van der Waals surface area contributed by atoms with Crippen molar-refractivity contribution < 1.29 is 9.53 Å². The van der Waals surface area contributed by atoms with Crippen molar-refractivity contribution in [1.29, 1.82) is 0 Å². The summed E-state index contributed by atoms with van der Waals surface area (Å²) in [6, 6.07) is 7.35. The molecule has 0 saturated heterocycles. The smallest absolute Gasteiger partial charge is 0.305 e. The van der Waals surface area contributed by atoms with Gasteiger partial charge < -0.3 is 4.74 Å². The quantitative estimate of drug-likeness (QED) is 0.542.